The molecule has 0 atom stereocenters. The van der Waals surface area contributed by atoms with Crippen LogP contribution in [0.25, 0.3) is 11.3 Å². The lowest BCUT2D eigenvalue weighted by Gasteiger charge is -2.32. The standard InChI is InChI=1S/C22H24N4/c23-22-6-3-5-21(25-22)19-9-7-17(8-10-19)18-11-14-26(15-12-18)16-20-4-1-2-13-24-20/h1-10,13,18H,11-12,14-16H2,(H2,23,25). The summed E-state index contributed by atoms with van der Waals surface area (Å²) in [6.07, 6.45) is 4.27. The van der Waals surface area contributed by atoms with Gasteiger partial charge >= 0.3 is 0 Å². The summed E-state index contributed by atoms with van der Waals surface area (Å²) in [5.74, 6) is 1.20. The minimum Gasteiger partial charge on any atom is -0.384 e. The molecule has 3 aromatic rings. The van der Waals surface area contributed by atoms with Crippen molar-refractivity contribution < 1.29 is 0 Å². The second-order valence-electron chi connectivity index (χ2n) is 6.94. The van der Waals surface area contributed by atoms with Crippen LogP contribution in [-0.2, 0) is 6.54 Å². The second-order valence-corrected chi connectivity index (χ2v) is 6.94. The molecule has 4 heteroatoms. The zero-order valence-electron chi connectivity index (χ0n) is 14.9. The van der Waals surface area contributed by atoms with E-state index in [0.29, 0.717) is 11.7 Å². The maximum Gasteiger partial charge on any atom is 0.124 e. The van der Waals surface area contributed by atoms with Crippen LogP contribution in [0.1, 0.15) is 30.0 Å². The number of hydrogen-bond acceptors (Lipinski definition) is 4. The maximum absolute atomic E-state index is 5.79. The highest BCUT2D eigenvalue weighted by atomic mass is 15.1. The SMILES string of the molecule is Nc1cccc(-c2ccc(C3CCN(Cc4ccccn4)CC3)cc2)n1. The molecule has 2 aromatic heterocycles. The monoisotopic (exact) mass is 344 g/mol. The van der Waals surface area contributed by atoms with E-state index < -0.39 is 0 Å². The van der Waals surface area contributed by atoms with Gasteiger partial charge in [-0.15, -0.1) is 0 Å². The third-order valence-corrected chi connectivity index (χ3v) is 5.15. The molecule has 0 unspecified atom stereocenters. The Hall–Kier alpha value is -2.72. The van der Waals surface area contributed by atoms with E-state index in [4.69, 9.17) is 5.73 Å². The zero-order valence-corrected chi connectivity index (χ0v) is 14.9. The van der Waals surface area contributed by atoms with Crippen molar-refractivity contribution in [3.63, 3.8) is 0 Å². The lowest BCUT2D eigenvalue weighted by molar-refractivity contribution is 0.202. The van der Waals surface area contributed by atoms with Gasteiger partial charge in [0, 0.05) is 18.3 Å². The van der Waals surface area contributed by atoms with Gasteiger partial charge in [0.15, 0.2) is 0 Å². The summed E-state index contributed by atoms with van der Waals surface area (Å²) in [6, 6.07) is 20.7. The van der Waals surface area contributed by atoms with E-state index in [1.54, 1.807) is 0 Å². The number of likely N-dealkylation sites (tertiary alicyclic amines) is 1. The smallest absolute Gasteiger partial charge is 0.124 e. The molecule has 26 heavy (non-hydrogen) atoms. The topological polar surface area (TPSA) is 55.0 Å². The molecule has 3 heterocycles. The van der Waals surface area contributed by atoms with E-state index in [0.717, 1.165) is 36.6 Å². The third-order valence-electron chi connectivity index (χ3n) is 5.15. The van der Waals surface area contributed by atoms with Gasteiger partial charge in [0.1, 0.15) is 5.82 Å². The van der Waals surface area contributed by atoms with Crippen molar-refractivity contribution in [2.75, 3.05) is 18.8 Å². The number of pyridine rings is 2. The second kappa shape index (κ2) is 7.67. The largest absolute Gasteiger partial charge is 0.384 e. The summed E-state index contributed by atoms with van der Waals surface area (Å²) in [4.78, 5) is 11.3. The van der Waals surface area contributed by atoms with Gasteiger partial charge < -0.3 is 5.73 Å². The zero-order chi connectivity index (χ0) is 17.8. The van der Waals surface area contributed by atoms with Crippen LogP contribution >= 0.6 is 0 Å². The Morgan fingerprint density at radius 1 is 0.923 bits per heavy atom. The highest BCUT2D eigenvalue weighted by molar-refractivity contribution is 5.61. The van der Waals surface area contributed by atoms with Crippen molar-refractivity contribution in [1.82, 2.24) is 14.9 Å². The molecule has 1 saturated heterocycles. The summed E-state index contributed by atoms with van der Waals surface area (Å²) >= 11 is 0. The van der Waals surface area contributed by atoms with Gasteiger partial charge in [-0.3, -0.25) is 9.88 Å². The quantitative estimate of drug-likeness (QED) is 0.774. The molecule has 0 radical (unpaired) electrons. The molecule has 1 fully saturated rings. The first kappa shape index (κ1) is 16.7. The predicted octanol–water partition coefficient (Wildman–Crippen LogP) is 4.11. The number of nitrogen functional groups attached to an aromatic ring is 1. The maximum atomic E-state index is 5.79. The van der Waals surface area contributed by atoms with Gasteiger partial charge in [-0.1, -0.05) is 36.4 Å². The van der Waals surface area contributed by atoms with Crippen LogP contribution in [0.15, 0.2) is 66.9 Å². The summed E-state index contributed by atoms with van der Waals surface area (Å²) in [5.41, 5.74) is 10.4. The van der Waals surface area contributed by atoms with Crippen LogP contribution in [-0.4, -0.2) is 28.0 Å². The number of benzene rings is 1. The van der Waals surface area contributed by atoms with E-state index in [1.165, 1.54) is 18.4 Å². The van der Waals surface area contributed by atoms with Crippen molar-refractivity contribution in [2.45, 2.75) is 25.3 Å². The minimum absolute atomic E-state index is 0.562. The average molecular weight is 344 g/mol. The van der Waals surface area contributed by atoms with Crippen LogP contribution in [0.5, 0.6) is 0 Å². The summed E-state index contributed by atoms with van der Waals surface area (Å²) < 4.78 is 0. The normalized spacial score (nSPS) is 15.8. The van der Waals surface area contributed by atoms with Crippen LogP contribution < -0.4 is 5.73 Å². The molecule has 1 aliphatic heterocycles. The molecule has 0 amide bonds. The van der Waals surface area contributed by atoms with E-state index in [-0.39, 0.29) is 0 Å². The highest BCUT2D eigenvalue weighted by Gasteiger charge is 2.20. The van der Waals surface area contributed by atoms with Crippen LogP contribution in [0, 0.1) is 0 Å². The third kappa shape index (κ3) is 3.92. The van der Waals surface area contributed by atoms with Gasteiger partial charge in [-0.2, -0.15) is 0 Å². The van der Waals surface area contributed by atoms with Crippen molar-refractivity contribution in [3.05, 3.63) is 78.1 Å². The van der Waals surface area contributed by atoms with Gasteiger partial charge in [0.05, 0.1) is 11.4 Å². The highest BCUT2D eigenvalue weighted by Crippen LogP contribution is 2.30. The first-order chi connectivity index (χ1) is 12.8. The average Bonchev–Trinajstić information content (AvgIpc) is 2.70. The fourth-order valence-corrected chi connectivity index (χ4v) is 3.68. The van der Waals surface area contributed by atoms with Crippen molar-refractivity contribution in [1.29, 1.82) is 0 Å². The van der Waals surface area contributed by atoms with E-state index in [1.807, 2.05) is 30.5 Å². The van der Waals surface area contributed by atoms with E-state index >= 15 is 0 Å². The minimum atomic E-state index is 0.562. The molecule has 0 spiro atoms. The molecule has 132 valence electrons. The number of hydrogen-bond donors (Lipinski definition) is 1. The Balaban J connectivity index is 1.37. The summed E-state index contributed by atoms with van der Waals surface area (Å²) in [7, 11) is 0. The van der Waals surface area contributed by atoms with Crippen molar-refractivity contribution >= 4 is 5.82 Å². The molecule has 0 aliphatic carbocycles. The first-order valence-corrected chi connectivity index (χ1v) is 9.23. The molecule has 1 aromatic carbocycles. The van der Waals surface area contributed by atoms with E-state index in [2.05, 4.69) is 51.3 Å². The molecule has 0 bridgehead atoms. The van der Waals surface area contributed by atoms with Gasteiger partial charge in [0.25, 0.3) is 0 Å². The fourth-order valence-electron chi connectivity index (χ4n) is 3.68. The van der Waals surface area contributed by atoms with Crippen molar-refractivity contribution in [2.24, 2.45) is 0 Å². The Morgan fingerprint density at radius 2 is 1.73 bits per heavy atom. The summed E-state index contributed by atoms with van der Waals surface area (Å²) in [6.45, 7) is 3.20. The predicted molar refractivity (Wildman–Crippen MR) is 106 cm³/mol. The van der Waals surface area contributed by atoms with Crippen molar-refractivity contribution in [3.8, 4) is 11.3 Å². The molecule has 4 rings (SSSR count). The van der Waals surface area contributed by atoms with Gasteiger partial charge in [-0.05, 0) is 61.7 Å². The van der Waals surface area contributed by atoms with Gasteiger partial charge in [0.2, 0.25) is 0 Å². The number of aromatic nitrogens is 2. The first-order valence-electron chi connectivity index (χ1n) is 9.23. The number of nitrogens with two attached hydrogens (primary N) is 1. The lowest BCUT2D eigenvalue weighted by Crippen LogP contribution is -2.32. The van der Waals surface area contributed by atoms with E-state index in [9.17, 15) is 0 Å². The lowest BCUT2D eigenvalue weighted by atomic mass is 9.88. The van der Waals surface area contributed by atoms with Crippen LogP contribution in [0.3, 0.4) is 0 Å². The van der Waals surface area contributed by atoms with Crippen LogP contribution in [0.2, 0.25) is 0 Å². The molecule has 2 N–H and O–H groups in total. The van der Waals surface area contributed by atoms with Crippen LogP contribution in [0.4, 0.5) is 5.82 Å². The molecule has 1 aliphatic rings. The summed E-state index contributed by atoms with van der Waals surface area (Å²) in [5, 5.41) is 0. The number of rotatable bonds is 4. The molecular formula is C22H24N4. The Morgan fingerprint density at radius 3 is 2.42 bits per heavy atom. The molecular weight excluding hydrogens is 320 g/mol. The number of anilines is 1. The Kier molecular flexibility index (Phi) is 4.93. The Bertz CT molecular complexity index is 838. The fraction of sp³-hybridized carbons (Fsp3) is 0.273. The number of piperidine rings is 1. The molecule has 4 nitrogen and oxygen atoms in total. The molecule has 0 saturated carbocycles. The van der Waals surface area contributed by atoms with Gasteiger partial charge in [-0.25, -0.2) is 4.98 Å². The number of nitrogens with zero attached hydrogens (tertiary/aromatic N) is 3. The Labute approximate surface area is 154 Å².